The standard InChI is InChI=1S/C20H14N2OS/c1-12-16(13-7-3-2-4-8-13)17-19(23)21-18-15-10-6-5-9-14(15)11-22(18)20(17)24-12/h2-10H,11H2,1H3. The fourth-order valence-electron chi connectivity index (χ4n) is 3.58. The van der Waals surface area contributed by atoms with Crippen LogP contribution in [0.15, 0.2) is 59.4 Å². The van der Waals surface area contributed by atoms with Crippen LogP contribution in [0.3, 0.4) is 0 Å². The first-order valence-electron chi connectivity index (χ1n) is 7.91. The first-order valence-corrected chi connectivity index (χ1v) is 8.73. The van der Waals surface area contributed by atoms with Gasteiger partial charge in [0.1, 0.15) is 10.7 Å². The lowest BCUT2D eigenvalue weighted by Gasteiger charge is -2.05. The van der Waals surface area contributed by atoms with Gasteiger partial charge in [0.2, 0.25) is 0 Å². The number of rotatable bonds is 1. The molecule has 4 heteroatoms. The molecule has 0 bridgehead atoms. The monoisotopic (exact) mass is 330 g/mol. The Morgan fingerprint density at radius 3 is 2.62 bits per heavy atom. The Morgan fingerprint density at radius 1 is 1.04 bits per heavy atom. The number of benzene rings is 2. The Labute approximate surface area is 142 Å². The van der Waals surface area contributed by atoms with E-state index in [0.717, 1.165) is 44.2 Å². The Kier molecular flexibility index (Phi) is 2.79. The third kappa shape index (κ3) is 1.77. The Bertz CT molecular complexity index is 1160. The molecule has 0 spiro atoms. The number of thiophene rings is 1. The van der Waals surface area contributed by atoms with Gasteiger partial charge in [0.05, 0.1) is 11.9 Å². The zero-order chi connectivity index (χ0) is 16.3. The SMILES string of the molecule is Cc1sc2c(c1-c1ccccc1)c(=O)nc1n2Cc2ccccc2-1. The van der Waals surface area contributed by atoms with Crippen LogP contribution in [-0.4, -0.2) is 9.55 Å². The molecule has 0 atom stereocenters. The maximum Gasteiger partial charge on any atom is 0.282 e. The van der Waals surface area contributed by atoms with Crippen LogP contribution in [0.25, 0.3) is 32.7 Å². The molecule has 1 aliphatic heterocycles. The van der Waals surface area contributed by atoms with Gasteiger partial charge in [0.25, 0.3) is 5.56 Å². The first kappa shape index (κ1) is 13.7. The summed E-state index contributed by atoms with van der Waals surface area (Å²) in [5.74, 6) is 0.795. The third-order valence-corrected chi connectivity index (χ3v) is 5.77. The summed E-state index contributed by atoms with van der Waals surface area (Å²) >= 11 is 1.69. The Morgan fingerprint density at radius 2 is 1.79 bits per heavy atom. The van der Waals surface area contributed by atoms with Crippen LogP contribution in [0, 0.1) is 6.92 Å². The van der Waals surface area contributed by atoms with Crippen molar-refractivity contribution in [3.63, 3.8) is 0 Å². The molecule has 0 N–H and O–H groups in total. The van der Waals surface area contributed by atoms with Crippen molar-refractivity contribution in [2.24, 2.45) is 0 Å². The van der Waals surface area contributed by atoms with Gasteiger partial charge >= 0.3 is 0 Å². The van der Waals surface area contributed by atoms with Crippen LogP contribution in [0.4, 0.5) is 0 Å². The number of hydrogen-bond donors (Lipinski definition) is 0. The lowest BCUT2D eigenvalue weighted by atomic mass is 10.0. The quantitative estimate of drug-likeness (QED) is 0.455. The zero-order valence-corrected chi connectivity index (χ0v) is 13.9. The maximum atomic E-state index is 12.8. The van der Waals surface area contributed by atoms with Crippen LogP contribution < -0.4 is 5.56 Å². The molecule has 3 heterocycles. The first-order chi connectivity index (χ1) is 11.7. The minimum Gasteiger partial charge on any atom is -0.312 e. The molecule has 0 unspecified atom stereocenters. The van der Waals surface area contributed by atoms with Gasteiger partial charge in [-0.2, -0.15) is 4.98 Å². The van der Waals surface area contributed by atoms with Crippen molar-refractivity contribution in [3.05, 3.63) is 75.4 Å². The van der Waals surface area contributed by atoms with E-state index in [0.29, 0.717) is 0 Å². The fourth-order valence-corrected chi connectivity index (χ4v) is 4.74. The van der Waals surface area contributed by atoms with E-state index in [9.17, 15) is 4.79 Å². The van der Waals surface area contributed by atoms with E-state index in [1.165, 1.54) is 5.56 Å². The van der Waals surface area contributed by atoms with Gasteiger partial charge in [-0.3, -0.25) is 4.79 Å². The predicted octanol–water partition coefficient (Wildman–Crippen LogP) is 4.46. The van der Waals surface area contributed by atoms with Crippen molar-refractivity contribution >= 4 is 21.6 Å². The van der Waals surface area contributed by atoms with Crippen molar-refractivity contribution in [1.82, 2.24) is 9.55 Å². The summed E-state index contributed by atoms with van der Waals surface area (Å²) < 4.78 is 2.19. The molecule has 0 saturated carbocycles. The molecular formula is C20H14N2OS. The lowest BCUT2D eigenvalue weighted by Crippen LogP contribution is -2.12. The molecule has 116 valence electrons. The number of aromatic nitrogens is 2. The molecule has 0 saturated heterocycles. The van der Waals surface area contributed by atoms with Crippen LogP contribution in [0.2, 0.25) is 0 Å². The minimum atomic E-state index is -0.129. The Balaban J connectivity index is 1.88. The van der Waals surface area contributed by atoms with Crippen molar-refractivity contribution in [2.45, 2.75) is 13.5 Å². The van der Waals surface area contributed by atoms with E-state index in [2.05, 4.69) is 34.7 Å². The highest BCUT2D eigenvalue weighted by molar-refractivity contribution is 7.19. The molecule has 0 fully saturated rings. The number of hydrogen-bond acceptors (Lipinski definition) is 3. The van der Waals surface area contributed by atoms with Crippen LogP contribution >= 0.6 is 11.3 Å². The fraction of sp³-hybridized carbons (Fsp3) is 0.100. The topological polar surface area (TPSA) is 34.9 Å². The second-order valence-electron chi connectivity index (χ2n) is 6.06. The molecule has 0 aliphatic carbocycles. The van der Waals surface area contributed by atoms with E-state index in [-0.39, 0.29) is 5.56 Å². The molecule has 3 nitrogen and oxygen atoms in total. The van der Waals surface area contributed by atoms with Crippen molar-refractivity contribution in [1.29, 1.82) is 0 Å². The van der Waals surface area contributed by atoms with Gasteiger partial charge in [-0.1, -0.05) is 54.6 Å². The van der Waals surface area contributed by atoms with Crippen LogP contribution in [0.1, 0.15) is 10.4 Å². The molecule has 2 aromatic heterocycles. The van der Waals surface area contributed by atoms with Gasteiger partial charge in [0.15, 0.2) is 0 Å². The summed E-state index contributed by atoms with van der Waals surface area (Å²) in [6, 6.07) is 18.3. The zero-order valence-electron chi connectivity index (χ0n) is 13.1. The van der Waals surface area contributed by atoms with E-state index in [4.69, 9.17) is 0 Å². The van der Waals surface area contributed by atoms with Gasteiger partial charge in [0, 0.05) is 16.0 Å². The van der Waals surface area contributed by atoms with E-state index < -0.39 is 0 Å². The highest BCUT2D eigenvalue weighted by atomic mass is 32.1. The minimum absolute atomic E-state index is 0.129. The lowest BCUT2D eigenvalue weighted by molar-refractivity contribution is 0.860. The van der Waals surface area contributed by atoms with Gasteiger partial charge < -0.3 is 4.57 Å². The molecule has 24 heavy (non-hydrogen) atoms. The average molecular weight is 330 g/mol. The van der Waals surface area contributed by atoms with Crippen molar-refractivity contribution < 1.29 is 0 Å². The summed E-state index contributed by atoms with van der Waals surface area (Å²) in [5.41, 5.74) is 4.28. The number of nitrogens with zero attached hydrogens (tertiary/aromatic N) is 2. The maximum absolute atomic E-state index is 12.8. The van der Waals surface area contributed by atoms with Crippen LogP contribution in [0.5, 0.6) is 0 Å². The smallest absolute Gasteiger partial charge is 0.282 e. The summed E-state index contributed by atoms with van der Waals surface area (Å²) in [7, 11) is 0. The highest BCUT2D eigenvalue weighted by Gasteiger charge is 2.25. The third-order valence-electron chi connectivity index (χ3n) is 4.64. The normalized spacial score (nSPS) is 12.4. The molecule has 1 aliphatic rings. The number of aryl methyl sites for hydroxylation is 1. The molecule has 0 radical (unpaired) electrons. The molecule has 4 aromatic rings. The van der Waals surface area contributed by atoms with Gasteiger partial charge in [-0.05, 0) is 18.1 Å². The second-order valence-corrected chi connectivity index (χ2v) is 7.27. The van der Waals surface area contributed by atoms with Gasteiger partial charge in [-0.25, -0.2) is 0 Å². The molecular weight excluding hydrogens is 316 g/mol. The highest BCUT2D eigenvalue weighted by Crippen LogP contribution is 2.40. The largest absolute Gasteiger partial charge is 0.312 e. The summed E-state index contributed by atoms with van der Waals surface area (Å²) in [6.07, 6.45) is 0. The molecule has 2 aromatic carbocycles. The van der Waals surface area contributed by atoms with E-state index in [1.54, 1.807) is 11.3 Å². The van der Waals surface area contributed by atoms with Gasteiger partial charge in [-0.15, -0.1) is 11.3 Å². The van der Waals surface area contributed by atoms with Crippen LogP contribution in [-0.2, 0) is 6.54 Å². The average Bonchev–Trinajstić information content (AvgIpc) is 3.14. The second kappa shape index (κ2) is 4.89. The summed E-state index contributed by atoms with van der Waals surface area (Å²) in [6.45, 7) is 2.87. The Hall–Kier alpha value is -2.72. The number of fused-ring (bicyclic) bond motifs is 5. The summed E-state index contributed by atoms with van der Waals surface area (Å²) in [4.78, 5) is 19.5. The van der Waals surface area contributed by atoms with Crippen molar-refractivity contribution in [2.75, 3.05) is 0 Å². The predicted molar refractivity (Wildman–Crippen MR) is 98.6 cm³/mol. The molecule has 5 rings (SSSR count). The molecule has 0 amide bonds. The summed E-state index contributed by atoms with van der Waals surface area (Å²) in [5, 5.41) is 0.750. The van der Waals surface area contributed by atoms with Crippen molar-refractivity contribution in [3.8, 4) is 22.5 Å². The van der Waals surface area contributed by atoms with E-state index >= 15 is 0 Å². The van der Waals surface area contributed by atoms with E-state index in [1.807, 2.05) is 36.4 Å².